The van der Waals surface area contributed by atoms with E-state index in [-0.39, 0.29) is 12.0 Å². The third kappa shape index (κ3) is 3.58. The molecule has 1 aliphatic heterocycles. The molecule has 1 amide bonds. The molecule has 0 bridgehead atoms. The minimum atomic E-state index is -0.114. The first-order chi connectivity index (χ1) is 12.6. The summed E-state index contributed by atoms with van der Waals surface area (Å²) in [5, 5.41) is 6.77. The fourth-order valence-electron chi connectivity index (χ4n) is 2.91. The van der Waals surface area contributed by atoms with Crippen LogP contribution in [0.3, 0.4) is 0 Å². The first-order valence-electron chi connectivity index (χ1n) is 8.21. The van der Waals surface area contributed by atoms with Gasteiger partial charge in [-0.05, 0) is 17.7 Å². The molecule has 1 aromatic carbocycles. The Balaban J connectivity index is 1.49. The van der Waals surface area contributed by atoms with Gasteiger partial charge in [0.25, 0.3) is 5.91 Å². The molecular formula is C18H17BrN4O2S. The Labute approximate surface area is 163 Å². The average molecular weight is 433 g/mol. The van der Waals surface area contributed by atoms with Crippen molar-refractivity contribution < 1.29 is 9.53 Å². The zero-order valence-corrected chi connectivity index (χ0v) is 16.5. The Morgan fingerprint density at radius 3 is 2.88 bits per heavy atom. The topological polar surface area (TPSA) is 60.2 Å². The Hall–Kier alpha value is -2.03. The molecular weight excluding hydrogens is 416 g/mol. The molecule has 3 heterocycles. The number of aryl methyl sites for hydroxylation is 1. The Bertz CT molecular complexity index is 921. The summed E-state index contributed by atoms with van der Waals surface area (Å²) in [7, 11) is 1.86. The van der Waals surface area contributed by atoms with Crippen LogP contribution in [0.15, 0.2) is 46.5 Å². The predicted molar refractivity (Wildman–Crippen MR) is 103 cm³/mol. The summed E-state index contributed by atoms with van der Waals surface area (Å²) in [6, 6.07) is 8.01. The Morgan fingerprint density at radius 1 is 1.35 bits per heavy atom. The third-order valence-electron chi connectivity index (χ3n) is 4.27. The molecule has 0 radical (unpaired) electrons. The summed E-state index contributed by atoms with van der Waals surface area (Å²) in [5.41, 5.74) is 2.47. The van der Waals surface area contributed by atoms with Crippen LogP contribution in [0.4, 0.5) is 0 Å². The number of hydrogen-bond acceptors (Lipinski definition) is 5. The molecule has 1 aliphatic rings. The molecule has 4 rings (SSSR count). The van der Waals surface area contributed by atoms with Crippen molar-refractivity contribution in [3.8, 4) is 10.6 Å². The molecule has 1 unspecified atom stereocenters. The number of morpholine rings is 1. The highest BCUT2D eigenvalue weighted by Crippen LogP contribution is 2.27. The van der Waals surface area contributed by atoms with Crippen molar-refractivity contribution in [1.29, 1.82) is 0 Å². The second-order valence-corrected chi connectivity index (χ2v) is 7.88. The molecule has 2 aromatic heterocycles. The van der Waals surface area contributed by atoms with Crippen LogP contribution in [-0.2, 0) is 11.8 Å². The molecule has 26 heavy (non-hydrogen) atoms. The van der Waals surface area contributed by atoms with Crippen molar-refractivity contribution in [3.63, 3.8) is 0 Å². The van der Waals surface area contributed by atoms with E-state index in [1.807, 2.05) is 47.8 Å². The maximum Gasteiger partial charge on any atom is 0.273 e. The fourth-order valence-corrected chi connectivity index (χ4v) is 3.94. The minimum Gasteiger partial charge on any atom is -0.370 e. The number of ether oxygens (including phenoxy) is 1. The summed E-state index contributed by atoms with van der Waals surface area (Å²) in [6.45, 7) is 1.62. The number of nitrogens with zero attached hydrogens (tertiary/aromatic N) is 4. The van der Waals surface area contributed by atoms with Crippen LogP contribution in [0.25, 0.3) is 10.6 Å². The molecule has 6 nitrogen and oxygen atoms in total. The minimum absolute atomic E-state index is 0.0539. The van der Waals surface area contributed by atoms with Crippen molar-refractivity contribution in [2.24, 2.45) is 7.05 Å². The van der Waals surface area contributed by atoms with Gasteiger partial charge in [0.1, 0.15) is 16.8 Å². The van der Waals surface area contributed by atoms with E-state index < -0.39 is 0 Å². The zero-order valence-electron chi connectivity index (χ0n) is 14.1. The van der Waals surface area contributed by atoms with E-state index >= 15 is 0 Å². The van der Waals surface area contributed by atoms with Gasteiger partial charge in [0.2, 0.25) is 0 Å². The highest BCUT2D eigenvalue weighted by molar-refractivity contribution is 9.10. The highest BCUT2D eigenvalue weighted by Gasteiger charge is 2.27. The second kappa shape index (κ2) is 7.30. The molecule has 8 heteroatoms. The van der Waals surface area contributed by atoms with Crippen LogP contribution in [-0.4, -0.2) is 45.3 Å². The fraction of sp³-hybridized carbons (Fsp3) is 0.278. The van der Waals surface area contributed by atoms with E-state index in [2.05, 4.69) is 26.0 Å². The van der Waals surface area contributed by atoms with Crippen LogP contribution in [0.2, 0.25) is 0 Å². The van der Waals surface area contributed by atoms with Crippen LogP contribution >= 0.6 is 27.3 Å². The van der Waals surface area contributed by atoms with Gasteiger partial charge in [-0.3, -0.25) is 9.48 Å². The number of aromatic nitrogens is 3. The van der Waals surface area contributed by atoms with Gasteiger partial charge < -0.3 is 9.64 Å². The SMILES string of the molecule is Cn1cc(-c2nc(C(=O)N3CCOC(c4ccc(Br)cc4)C3)cs2)cn1. The van der Waals surface area contributed by atoms with Gasteiger partial charge >= 0.3 is 0 Å². The lowest BCUT2D eigenvalue weighted by Crippen LogP contribution is -2.42. The van der Waals surface area contributed by atoms with Crippen molar-refractivity contribution in [2.45, 2.75) is 6.10 Å². The maximum atomic E-state index is 12.9. The van der Waals surface area contributed by atoms with Crippen LogP contribution in [0, 0.1) is 0 Å². The van der Waals surface area contributed by atoms with E-state index in [4.69, 9.17) is 4.74 Å². The quantitative estimate of drug-likeness (QED) is 0.634. The number of carbonyl (C=O) groups excluding carboxylic acids is 1. The lowest BCUT2D eigenvalue weighted by Gasteiger charge is -2.32. The lowest BCUT2D eigenvalue weighted by atomic mass is 10.1. The molecule has 0 aliphatic carbocycles. The average Bonchev–Trinajstić information content (AvgIpc) is 3.31. The summed E-state index contributed by atoms with van der Waals surface area (Å²) < 4.78 is 8.61. The predicted octanol–water partition coefficient (Wildman–Crippen LogP) is 3.52. The van der Waals surface area contributed by atoms with Gasteiger partial charge in [-0.2, -0.15) is 5.10 Å². The number of carbonyl (C=O) groups is 1. The summed E-state index contributed by atoms with van der Waals surface area (Å²) in [5.74, 6) is -0.0539. The number of rotatable bonds is 3. The largest absolute Gasteiger partial charge is 0.370 e. The van der Waals surface area contributed by atoms with E-state index in [1.54, 1.807) is 10.9 Å². The molecule has 1 atom stereocenters. The molecule has 1 fully saturated rings. The normalized spacial score (nSPS) is 17.5. The number of thiazole rings is 1. The highest BCUT2D eigenvalue weighted by atomic mass is 79.9. The summed E-state index contributed by atoms with van der Waals surface area (Å²) >= 11 is 4.90. The molecule has 0 N–H and O–H groups in total. The van der Waals surface area contributed by atoms with Gasteiger partial charge in [0.15, 0.2) is 0 Å². The maximum absolute atomic E-state index is 12.9. The molecule has 134 valence electrons. The number of amides is 1. The van der Waals surface area contributed by atoms with Crippen molar-refractivity contribution >= 4 is 33.2 Å². The van der Waals surface area contributed by atoms with Crippen LogP contribution < -0.4 is 0 Å². The molecule has 0 spiro atoms. The van der Waals surface area contributed by atoms with E-state index in [0.29, 0.717) is 25.4 Å². The zero-order chi connectivity index (χ0) is 18.1. The van der Waals surface area contributed by atoms with Crippen molar-refractivity contribution in [3.05, 3.63) is 57.8 Å². The smallest absolute Gasteiger partial charge is 0.273 e. The second-order valence-electron chi connectivity index (χ2n) is 6.10. The third-order valence-corrected chi connectivity index (χ3v) is 5.69. The van der Waals surface area contributed by atoms with Crippen molar-refractivity contribution in [2.75, 3.05) is 19.7 Å². The summed E-state index contributed by atoms with van der Waals surface area (Å²) in [6.07, 6.45) is 3.54. The molecule has 1 saturated heterocycles. The first-order valence-corrected chi connectivity index (χ1v) is 9.88. The Kier molecular flexibility index (Phi) is 4.88. The number of halogens is 1. The number of hydrogen-bond donors (Lipinski definition) is 0. The standard InChI is InChI=1S/C18H17BrN4O2S/c1-22-9-13(8-20-22)17-21-15(11-26-17)18(24)23-6-7-25-16(10-23)12-2-4-14(19)5-3-12/h2-5,8-9,11,16H,6-7,10H2,1H3. The van der Waals surface area contributed by atoms with Crippen LogP contribution in [0.1, 0.15) is 22.2 Å². The first kappa shape index (κ1) is 17.4. The molecule has 0 saturated carbocycles. The monoisotopic (exact) mass is 432 g/mol. The van der Waals surface area contributed by atoms with Crippen molar-refractivity contribution in [1.82, 2.24) is 19.7 Å². The lowest BCUT2D eigenvalue weighted by molar-refractivity contribution is -0.0229. The van der Waals surface area contributed by atoms with E-state index in [9.17, 15) is 4.79 Å². The van der Waals surface area contributed by atoms with E-state index in [0.717, 1.165) is 20.6 Å². The van der Waals surface area contributed by atoms with Crippen LogP contribution in [0.5, 0.6) is 0 Å². The van der Waals surface area contributed by atoms with Gasteiger partial charge in [-0.25, -0.2) is 4.98 Å². The van der Waals surface area contributed by atoms with Gasteiger partial charge in [0.05, 0.1) is 19.3 Å². The molecule has 3 aromatic rings. The van der Waals surface area contributed by atoms with Gasteiger partial charge in [0, 0.05) is 35.2 Å². The van der Waals surface area contributed by atoms with Gasteiger partial charge in [-0.1, -0.05) is 28.1 Å². The van der Waals surface area contributed by atoms with E-state index in [1.165, 1.54) is 11.3 Å². The Morgan fingerprint density at radius 2 is 2.15 bits per heavy atom. The van der Waals surface area contributed by atoms with Gasteiger partial charge in [-0.15, -0.1) is 11.3 Å². The number of benzene rings is 1. The summed E-state index contributed by atoms with van der Waals surface area (Å²) in [4.78, 5) is 19.2.